The number of hydrogen-bond donors (Lipinski definition) is 10. The van der Waals surface area contributed by atoms with Crippen molar-refractivity contribution in [3.8, 4) is 17.2 Å². The average Bonchev–Trinajstić information content (AvgIpc) is 3.44. The molecule has 1 fully saturated rings. The number of carbonyl (C=O) groups excluding carboxylic acids is 6. The largest absolute Gasteiger partial charge is 0.505 e. The van der Waals surface area contributed by atoms with E-state index in [1.165, 1.54) is 25.3 Å². The Balaban J connectivity index is 1.27. The molecule has 1 aliphatic heterocycles. The van der Waals surface area contributed by atoms with Gasteiger partial charge < -0.3 is 82.1 Å². The second-order valence-electron chi connectivity index (χ2n) is 20.1. The quantitative estimate of drug-likeness (QED) is 0.0224. The number of rotatable bonds is 26. The predicted octanol–water partition coefficient (Wildman–Crippen LogP) is 5.03. The third kappa shape index (κ3) is 16.6. The number of nitrogens with two attached hydrogens (primary N) is 3. The predicted molar refractivity (Wildman–Crippen MR) is 290 cm³/mol. The average molecular weight is 1090 g/mol. The van der Waals surface area contributed by atoms with Crippen LogP contribution in [0.3, 0.4) is 0 Å². The summed E-state index contributed by atoms with van der Waals surface area (Å²) in [6.45, 7) is 13.0. The first-order valence-electron chi connectivity index (χ1n) is 25.7. The number of anilines is 2. The molecule has 424 valence electrons. The summed E-state index contributed by atoms with van der Waals surface area (Å²) in [4.78, 5) is 90.2. The second-order valence-corrected chi connectivity index (χ2v) is 20.1. The molecule has 5 rings (SSSR count). The fraction of sp³-hybridized carbons (Fsp3) is 0.473. The van der Waals surface area contributed by atoms with Gasteiger partial charge in [0.1, 0.15) is 41.9 Å². The number of hydrogen-bond acceptors (Lipinski definition) is 16. The third-order valence-corrected chi connectivity index (χ3v) is 12.9. The van der Waals surface area contributed by atoms with E-state index in [9.17, 15) is 43.8 Å². The zero-order valence-corrected chi connectivity index (χ0v) is 45.3. The molecular weight excluding hydrogens is 1010 g/mol. The van der Waals surface area contributed by atoms with Crippen LogP contribution in [0.5, 0.6) is 17.2 Å². The van der Waals surface area contributed by atoms with Gasteiger partial charge in [0.15, 0.2) is 23.6 Å². The number of aryl methyl sites for hydroxylation is 1. The van der Waals surface area contributed by atoms with Gasteiger partial charge in [-0.1, -0.05) is 44.1 Å². The van der Waals surface area contributed by atoms with Crippen molar-refractivity contribution in [1.82, 2.24) is 16.0 Å². The number of fused-ring (bicyclic) bond motifs is 1. The molecule has 6 atom stereocenters. The van der Waals surface area contributed by atoms with E-state index < -0.39 is 89.2 Å². The fourth-order valence-electron chi connectivity index (χ4n) is 8.70. The Morgan fingerprint density at radius 3 is 2.24 bits per heavy atom. The maximum absolute atomic E-state index is 13.8. The molecule has 23 nitrogen and oxygen atoms in total. The Bertz CT molecular complexity index is 2870. The van der Waals surface area contributed by atoms with Crippen LogP contribution in [-0.4, -0.2) is 108 Å². The molecule has 7 amide bonds. The maximum Gasteiger partial charge on any atom is 0.404 e. The number of aliphatic hydroxyl groups is 1. The molecule has 2 heterocycles. The van der Waals surface area contributed by atoms with Gasteiger partial charge in [-0.3, -0.25) is 19.2 Å². The van der Waals surface area contributed by atoms with Crippen LogP contribution in [0.1, 0.15) is 107 Å². The molecule has 1 saturated heterocycles. The van der Waals surface area contributed by atoms with E-state index in [2.05, 4.69) is 26.6 Å². The molecule has 0 bridgehead atoms. The topological polar surface area (TPSA) is 357 Å². The van der Waals surface area contributed by atoms with E-state index in [4.69, 9.17) is 45.3 Å². The van der Waals surface area contributed by atoms with Gasteiger partial charge in [0.05, 0.1) is 11.0 Å². The minimum absolute atomic E-state index is 0.0566. The molecular formula is C55H74N8O15. The number of urea groups is 1. The molecule has 0 radical (unpaired) electrons. The van der Waals surface area contributed by atoms with Crippen molar-refractivity contribution < 1.29 is 67.1 Å². The number of primary amides is 2. The highest BCUT2D eigenvalue weighted by Gasteiger charge is 2.53. The fourth-order valence-corrected chi connectivity index (χ4v) is 8.70. The summed E-state index contributed by atoms with van der Waals surface area (Å²) >= 11 is 0. The number of benzene rings is 3. The molecule has 0 saturated carbocycles. The van der Waals surface area contributed by atoms with Crippen LogP contribution in [0.15, 0.2) is 75.5 Å². The number of unbranched alkanes of at least 4 members (excludes halogenated alkanes) is 2. The van der Waals surface area contributed by atoms with Crippen molar-refractivity contribution in [3.05, 3.63) is 98.9 Å². The lowest BCUT2D eigenvalue weighted by atomic mass is 9.89. The van der Waals surface area contributed by atoms with Crippen LogP contribution >= 0.6 is 0 Å². The molecule has 0 spiro atoms. The van der Waals surface area contributed by atoms with Crippen LogP contribution in [0.25, 0.3) is 11.0 Å². The number of aromatic hydroxyl groups is 1. The van der Waals surface area contributed by atoms with Crippen LogP contribution in [0, 0.1) is 12.8 Å². The molecule has 13 N–H and O–H groups in total. The van der Waals surface area contributed by atoms with Gasteiger partial charge in [-0.15, -0.1) is 0 Å². The maximum atomic E-state index is 13.8. The summed E-state index contributed by atoms with van der Waals surface area (Å²) < 4.78 is 34.5. The molecule has 0 unspecified atom stereocenters. The van der Waals surface area contributed by atoms with Gasteiger partial charge in [0.2, 0.25) is 24.0 Å². The number of aliphatic hydroxyl groups excluding tert-OH is 1. The van der Waals surface area contributed by atoms with Crippen molar-refractivity contribution in [2.45, 2.75) is 142 Å². The highest BCUT2D eigenvalue weighted by atomic mass is 16.7. The number of nitrogens with one attached hydrogen (secondary N) is 5. The number of allylic oxidation sites excluding steroid dienone is 2. The Hall–Kier alpha value is -7.73. The van der Waals surface area contributed by atoms with Gasteiger partial charge >= 0.3 is 17.7 Å². The summed E-state index contributed by atoms with van der Waals surface area (Å²) in [5, 5.41) is 36.0. The van der Waals surface area contributed by atoms with Gasteiger partial charge in [-0.25, -0.2) is 14.4 Å². The lowest BCUT2D eigenvalue weighted by molar-refractivity contribution is -0.304. The SMILES string of the molecule is CO[C@@H]1[C@@H](OC(N)=O)[C@@H](O)[C@H](Oc2ccc3c(O)c(NC(=O)c4ccc(OCc5ccc(NC(=O)[C@H](CCCNC(N)=O)NC(=O)[C@@H](NC(=O)CCCCCN)C(C)C)cc5)c(CC=C(C)C)c4)c(=O)oc3c2C)OC1(C)C. The van der Waals surface area contributed by atoms with Crippen molar-refractivity contribution in [3.63, 3.8) is 0 Å². The van der Waals surface area contributed by atoms with E-state index in [0.717, 1.165) is 24.0 Å². The first-order valence-corrected chi connectivity index (χ1v) is 25.7. The Morgan fingerprint density at radius 2 is 1.60 bits per heavy atom. The summed E-state index contributed by atoms with van der Waals surface area (Å²) in [5.74, 6) is -2.37. The lowest BCUT2D eigenvalue weighted by Crippen LogP contribution is -2.65. The normalized spacial score (nSPS) is 17.5. The van der Waals surface area contributed by atoms with Crippen molar-refractivity contribution >= 4 is 58.1 Å². The Kier molecular flexibility index (Phi) is 22.0. The lowest BCUT2D eigenvalue weighted by Gasteiger charge is -2.47. The van der Waals surface area contributed by atoms with E-state index >= 15 is 0 Å². The third-order valence-electron chi connectivity index (χ3n) is 12.9. The Morgan fingerprint density at radius 1 is 0.897 bits per heavy atom. The first-order chi connectivity index (χ1) is 36.9. The summed E-state index contributed by atoms with van der Waals surface area (Å²) in [7, 11) is 1.36. The van der Waals surface area contributed by atoms with Crippen LogP contribution in [0.2, 0.25) is 0 Å². The molecule has 1 aromatic heterocycles. The Labute approximate surface area is 452 Å². The van der Waals surface area contributed by atoms with E-state index in [1.807, 2.05) is 19.9 Å². The molecule has 4 aromatic rings. The highest BCUT2D eigenvalue weighted by Crippen LogP contribution is 2.39. The van der Waals surface area contributed by atoms with Crippen molar-refractivity contribution in [1.29, 1.82) is 0 Å². The zero-order chi connectivity index (χ0) is 57.4. The first kappa shape index (κ1) is 61.1. The molecule has 23 heteroatoms. The summed E-state index contributed by atoms with van der Waals surface area (Å²) in [5.41, 5.74) is 16.4. The smallest absolute Gasteiger partial charge is 0.404 e. The van der Waals surface area contributed by atoms with Gasteiger partial charge in [-0.05, 0) is 133 Å². The second kappa shape index (κ2) is 28.1. The molecule has 3 aromatic carbocycles. The number of methoxy groups -OCH3 is 1. The minimum atomic E-state index is -1.56. The standard InChI is InChI=1S/C55H74N8O15/c1-29(2)15-18-33-27-34(48(67)63-42-43(65)36-22-24-38(31(5)45(36)76-51(42)70)75-52-44(66)46(77-54(58)72)47(73-8)55(6,7)78-52)19-23-39(33)74-28-32-16-20-35(21-17-32)60-49(68)37(13-12-26-59-53(57)71)61-50(69)41(30(3)4)62-40(64)14-10-9-11-25-56/h15-17,19-24,27,30,37,41,44,46-47,52,65-66H,9-14,18,25-26,28,56H2,1-8H3,(H2,58,72)(H,60,68)(H,61,69)(H,62,64)(H,63,67)(H3,57,59,71)/t37-,41-,44+,46-,47+,52+/m0/s1. The van der Waals surface area contributed by atoms with E-state index in [0.29, 0.717) is 42.8 Å². The van der Waals surface area contributed by atoms with Gasteiger partial charge in [-0.2, -0.15) is 0 Å². The summed E-state index contributed by atoms with van der Waals surface area (Å²) in [6.07, 6.45) is -1.09. The zero-order valence-electron chi connectivity index (χ0n) is 45.3. The van der Waals surface area contributed by atoms with Gasteiger partial charge in [0, 0.05) is 36.9 Å². The van der Waals surface area contributed by atoms with Crippen LogP contribution in [-0.2, 0) is 41.6 Å². The molecule has 1 aliphatic rings. The van der Waals surface area contributed by atoms with Crippen LogP contribution < -0.4 is 58.9 Å². The van der Waals surface area contributed by atoms with Crippen molar-refractivity contribution in [2.75, 3.05) is 30.8 Å². The van der Waals surface area contributed by atoms with E-state index in [1.54, 1.807) is 71.0 Å². The van der Waals surface area contributed by atoms with Crippen LogP contribution in [0.4, 0.5) is 21.0 Å². The minimum Gasteiger partial charge on any atom is -0.505 e. The number of ether oxygens (including phenoxy) is 5. The highest BCUT2D eigenvalue weighted by molar-refractivity contribution is 6.07. The van der Waals surface area contributed by atoms with E-state index in [-0.39, 0.29) is 65.7 Å². The molecule has 0 aliphatic carbocycles. The molecule has 78 heavy (non-hydrogen) atoms. The number of carbonyl (C=O) groups is 6. The monoisotopic (exact) mass is 1090 g/mol. The van der Waals surface area contributed by atoms with Crippen molar-refractivity contribution in [2.24, 2.45) is 23.1 Å². The van der Waals surface area contributed by atoms with Gasteiger partial charge in [0.25, 0.3) is 5.91 Å². The summed E-state index contributed by atoms with van der Waals surface area (Å²) in [6, 6.07) is 11.7. The number of amides is 7.